The van der Waals surface area contributed by atoms with Gasteiger partial charge in [-0.05, 0) is 31.7 Å². The Bertz CT molecular complexity index is 221. The van der Waals surface area contributed by atoms with Crippen LogP contribution in [-0.2, 0) is 4.74 Å². The molecule has 0 aromatic heterocycles. The molecule has 2 rings (SSSR count). The van der Waals surface area contributed by atoms with Crippen LogP contribution in [0.2, 0.25) is 0 Å². The van der Waals surface area contributed by atoms with Gasteiger partial charge >= 0.3 is 0 Å². The van der Waals surface area contributed by atoms with E-state index in [9.17, 15) is 0 Å². The van der Waals surface area contributed by atoms with Crippen molar-refractivity contribution in [1.82, 2.24) is 10.2 Å². The van der Waals surface area contributed by atoms with Gasteiger partial charge in [0.1, 0.15) is 0 Å². The topological polar surface area (TPSA) is 24.5 Å². The Balaban J connectivity index is 1.81. The Morgan fingerprint density at radius 3 is 2.67 bits per heavy atom. The van der Waals surface area contributed by atoms with Crippen molar-refractivity contribution in [1.29, 1.82) is 0 Å². The van der Waals surface area contributed by atoms with Crippen molar-refractivity contribution in [2.75, 3.05) is 32.8 Å². The van der Waals surface area contributed by atoms with Gasteiger partial charge in [0.2, 0.25) is 0 Å². The number of rotatable bonds is 6. The summed E-state index contributed by atoms with van der Waals surface area (Å²) in [7, 11) is 0. The number of nitrogens with zero attached hydrogens (tertiary/aromatic N) is 1. The molecule has 1 atom stereocenters. The molecule has 106 valence electrons. The highest BCUT2D eigenvalue weighted by Gasteiger charge is 2.25. The fraction of sp³-hybridized carbons (Fsp3) is 1.00. The van der Waals surface area contributed by atoms with Crippen LogP contribution in [0.4, 0.5) is 0 Å². The number of hydrogen-bond donors (Lipinski definition) is 1. The van der Waals surface area contributed by atoms with Crippen LogP contribution in [0.3, 0.4) is 0 Å². The standard InChI is InChI=1S/C15H30N2O/c1-13(2)7-9-17(15-5-3-4-6-15)11-14-12-18-10-8-16-14/h13-16H,3-12H2,1-2H3. The molecule has 1 saturated heterocycles. The Morgan fingerprint density at radius 2 is 2.06 bits per heavy atom. The van der Waals surface area contributed by atoms with Gasteiger partial charge in [-0.15, -0.1) is 0 Å². The van der Waals surface area contributed by atoms with E-state index in [2.05, 4.69) is 24.1 Å². The van der Waals surface area contributed by atoms with Gasteiger partial charge in [-0.1, -0.05) is 26.7 Å². The van der Waals surface area contributed by atoms with Crippen molar-refractivity contribution in [3.8, 4) is 0 Å². The lowest BCUT2D eigenvalue weighted by molar-refractivity contribution is 0.0533. The Morgan fingerprint density at radius 1 is 1.28 bits per heavy atom. The van der Waals surface area contributed by atoms with E-state index in [1.54, 1.807) is 0 Å². The van der Waals surface area contributed by atoms with E-state index in [1.165, 1.54) is 45.2 Å². The molecule has 0 bridgehead atoms. The first-order chi connectivity index (χ1) is 8.75. The average Bonchev–Trinajstić information content (AvgIpc) is 2.89. The van der Waals surface area contributed by atoms with E-state index in [0.717, 1.165) is 31.7 Å². The van der Waals surface area contributed by atoms with Crippen LogP contribution < -0.4 is 5.32 Å². The lowest BCUT2D eigenvalue weighted by Gasteiger charge is -2.34. The summed E-state index contributed by atoms with van der Waals surface area (Å²) in [5.74, 6) is 0.810. The highest BCUT2D eigenvalue weighted by atomic mass is 16.5. The van der Waals surface area contributed by atoms with E-state index < -0.39 is 0 Å². The van der Waals surface area contributed by atoms with Crippen LogP contribution in [0, 0.1) is 5.92 Å². The molecule has 0 aromatic rings. The van der Waals surface area contributed by atoms with Crippen molar-refractivity contribution in [3.05, 3.63) is 0 Å². The maximum absolute atomic E-state index is 5.58. The van der Waals surface area contributed by atoms with Crippen LogP contribution in [0.25, 0.3) is 0 Å². The van der Waals surface area contributed by atoms with Crippen LogP contribution in [0.5, 0.6) is 0 Å². The van der Waals surface area contributed by atoms with Crippen molar-refractivity contribution < 1.29 is 4.74 Å². The zero-order chi connectivity index (χ0) is 12.8. The summed E-state index contributed by atoms with van der Waals surface area (Å²) < 4.78 is 5.58. The molecule has 3 nitrogen and oxygen atoms in total. The van der Waals surface area contributed by atoms with Crippen molar-refractivity contribution in [2.24, 2.45) is 5.92 Å². The minimum absolute atomic E-state index is 0.548. The number of morpholine rings is 1. The normalized spacial score (nSPS) is 26.3. The molecule has 1 N–H and O–H groups in total. The van der Waals surface area contributed by atoms with Gasteiger partial charge in [-0.25, -0.2) is 0 Å². The minimum Gasteiger partial charge on any atom is -0.378 e. The van der Waals surface area contributed by atoms with Crippen LogP contribution >= 0.6 is 0 Å². The van der Waals surface area contributed by atoms with E-state index in [4.69, 9.17) is 4.74 Å². The van der Waals surface area contributed by atoms with E-state index in [0.29, 0.717) is 6.04 Å². The fourth-order valence-electron chi connectivity index (χ4n) is 3.14. The average molecular weight is 254 g/mol. The first-order valence-corrected chi connectivity index (χ1v) is 7.81. The Kier molecular flexibility index (Phi) is 5.93. The maximum atomic E-state index is 5.58. The summed E-state index contributed by atoms with van der Waals surface area (Å²) in [5.41, 5.74) is 0. The number of ether oxygens (including phenoxy) is 1. The van der Waals surface area contributed by atoms with Gasteiger partial charge in [0.15, 0.2) is 0 Å². The summed E-state index contributed by atoms with van der Waals surface area (Å²) in [6.45, 7) is 9.89. The number of hydrogen-bond acceptors (Lipinski definition) is 3. The van der Waals surface area contributed by atoms with Crippen LogP contribution in [0.1, 0.15) is 46.0 Å². The molecular weight excluding hydrogens is 224 g/mol. The van der Waals surface area contributed by atoms with Crippen molar-refractivity contribution in [2.45, 2.75) is 58.0 Å². The Hall–Kier alpha value is -0.120. The second-order valence-electron chi connectivity index (χ2n) is 6.34. The molecule has 0 aromatic carbocycles. The highest BCUT2D eigenvalue weighted by Crippen LogP contribution is 2.24. The van der Waals surface area contributed by atoms with Crippen LogP contribution in [-0.4, -0.2) is 49.8 Å². The molecule has 0 amide bonds. The quantitative estimate of drug-likeness (QED) is 0.787. The molecule has 2 fully saturated rings. The lowest BCUT2D eigenvalue weighted by atomic mass is 10.1. The molecule has 0 radical (unpaired) electrons. The molecule has 1 saturated carbocycles. The molecular formula is C15H30N2O. The minimum atomic E-state index is 0.548. The maximum Gasteiger partial charge on any atom is 0.0632 e. The monoisotopic (exact) mass is 254 g/mol. The van der Waals surface area contributed by atoms with E-state index >= 15 is 0 Å². The molecule has 3 heteroatoms. The molecule has 0 spiro atoms. The molecule has 18 heavy (non-hydrogen) atoms. The van der Waals surface area contributed by atoms with Crippen molar-refractivity contribution in [3.63, 3.8) is 0 Å². The second-order valence-corrected chi connectivity index (χ2v) is 6.34. The van der Waals surface area contributed by atoms with Gasteiger partial charge in [0, 0.05) is 25.2 Å². The van der Waals surface area contributed by atoms with Gasteiger partial charge in [-0.3, -0.25) is 4.90 Å². The SMILES string of the molecule is CC(C)CCN(CC1COCCN1)C1CCCC1. The Labute approximate surface area is 112 Å². The summed E-state index contributed by atoms with van der Waals surface area (Å²) in [5, 5.41) is 3.59. The van der Waals surface area contributed by atoms with Gasteiger partial charge in [0.05, 0.1) is 13.2 Å². The number of nitrogens with one attached hydrogen (secondary N) is 1. The van der Waals surface area contributed by atoms with Crippen LogP contribution in [0.15, 0.2) is 0 Å². The predicted molar refractivity (Wildman–Crippen MR) is 75.9 cm³/mol. The largest absolute Gasteiger partial charge is 0.378 e. The fourth-order valence-corrected chi connectivity index (χ4v) is 3.14. The first-order valence-electron chi connectivity index (χ1n) is 7.81. The molecule has 1 heterocycles. The first kappa shape index (κ1) is 14.3. The molecule has 2 aliphatic rings. The zero-order valence-corrected chi connectivity index (χ0v) is 12.2. The third-order valence-corrected chi connectivity index (χ3v) is 4.29. The summed E-state index contributed by atoms with van der Waals surface area (Å²) >= 11 is 0. The second kappa shape index (κ2) is 7.46. The third kappa shape index (κ3) is 4.52. The van der Waals surface area contributed by atoms with Gasteiger partial charge in [-0.2, -0.15) is 0 Å². The third-order valence-electron chi connectivity index (χ3n) is 4.29. The molecule has 1 aliphatic heterocycles. The smallest absolute Gasteiger partial charge is 0.0632 e. The zero-order valence-electron chi connectivity index (χ0n) is 12.2. The van der Waals surface area contributed by atoms with E-state index in [-0.39, 0.29) is 0 Å². The summed E-state index contributed by atoms with van der Waals surface area (Å²) in [4.78, 5) is 2.74. The lowest BCUT2D eigenvalue weighted by Crippen LogP contribution is -2.50. The van der Waals surface area contributed by atoms with E-state index in [1.807, 2.05) is 0 Å². The summed E-state index contributed by atoms with van der Waals surface area (Å²) in [6.07, 6.45) is 7.00. The van der Waals surface area contributed by atoms with Gasteiger partial charge in [0.25, 0.3) is 0 Å². The molecule has 1 aliphatic carbocycles. The molecule has 1 unspecified atom stereocenters. The highest BCUT2D eigenvalue weighted by molar-refractivity contribution is 4.82. The van der Waals surface area contributed by atoms with Crippen molar-refractivity contribution >= 4 is 0 Å². The predicted octanol–water partition coefficient (Wildman–Crippen LogP) is 2.27. The van der Waals surface area contributed by atoms with Gasteiger partial charge < -0.3 is 10.1 Å². The summed E-state index contributed by atoms with van der Waals surface area (Å²) in [6, 6.07) is 1.39.